The Kier molecular flexibility index (Phi) is 2.90. The van der Waals surface area contributed by atoms with E-state index in [1.165, 1.54) is 19.3 Å². The Morgan fingerprint density at radius 3 is 2.55 bits per heavy atom. The van der Waals surface area contributed by atoms with Gasteiger partial charge in [-0.3, -0.25) is 0 Å². The summed E-state index contributed by atoms with van der Waals surface area (Å²) in [6, 6.07) is 0. The molecule has 0 bridgehead atoms. The SMILES string of the molecule is CC(CN)CNC1(C)CCC1. The average Bonchev–Trinajstić information content (AvgIpc) is 1.96. The van der Waals surface area contributed by atoms with Crippen LogP contribution in [-0.4, -0.2) is 18.6 Å². The van der Waals surface area contributed by atoms with Crippen LogP contribution in [0.4, 0.5) is 0 Å². The van der Waals surface area contributed by atoms with Gasteiger partial charge in [-0.15, -0.1) is 0 Å². The fourth-order valence-corrected chi connectivity index (χ4v) is 1.39. The minimum Gasteiger partial charge on any atom is -0.330 e. The van der Waals surface area contributed by atoms with E-state index in [1.807, 2.05) is 0 Å². The molecule has 0 aromatic carbocycles. The summed E-state index contributed by atoms with van der Waals surface area (Å²) >= 11 is 0. The Morgan fingerprint density at radius 2 is 2.18 bits per heavy atom. The Balaban J connectivity index is 2.11. The second-order valence-electron chi connectivity index (χ2n) is 4.14. The van der Waals surface area contributed by atoms with E-state index in [-0.39, 0.29) is 0 Å². The van der Waals surface area contributed by atoms with Gasteiger partial charge in [0.2, 0.25) is 0 Å². The summed E-state index contributed by atoms with van der Waals surface area (Å²) in [5.41, 5.74) is 5.97. The maximum atomic E-state index is 5.52. The molecule has 1 saturated carbocycles. The van der Waals surface area contributed by atoms with E-state index in [9.17, 15) is 0 Å². The third-order valence-corrected chi connectivity index (χ3v) is 2.74. The molecule has 1 rings (SSSR count). The Bertz CT molecular complexity index is 119. The number of nitrogens with one attached hydrogen (secondary N) is 1. The molecule has 1 fully saturated rings. The second kappa shape index (κ2) is 3.55. The lowest BCUT2D eigenvalue weighted by Crippen LogP contribution is -2.50. The first-order chi connectivity index (χ1) is 5.16. The van der Waals surface area contributed by atoms with Crippen molar-refractivity contribution in [2.24, 2.45) is 11.7 Å². The molecule has 1 aliphatic rings. The lowest BCUT2D eigenvalue weighted by Gasteiger charge is -2.40. The van der Waals surface area contributed by atoms with Crippen LogP contribution in [0.25, 0.3) is 0 Å². The molecule has 11 heavy (non-hydrogen) atoms. The third kappa shape index (κ3) is 2.46. The summed E-state index contributed by atoms with van der Waals surface area (Å²) in [5.74, 6) is 0.618. The van der Waals surface area contributed by atoms with Crippen LogP contribution in [0.5, 0.6) is 0 Å². The van der Waals surface area contributed by atoms with Crippen molar-refractivity contribution in [1.82, 2.24) is 5.32 Å². The largest absolute Gasteiger partial charge is 0.330 e. The molecule has 2 heteroatoms. The van der Waals surface area contributed by atoms with Crippen LogP contribution >= 0.6 is 0 Å². The Morgan fingerprint density at radius 1 is 1.55 bits per heavy atom. The van der Waals surface area contributed by atoms with Crippen LogP contribution < -0.4 is 11.1 Å². The van der Waals surface area contributed by atoms with Gasteiger partial charge in [0.15, 0.2) is 0 Å². The molecule has 0 aromatic heterocycles. The normalized spacial score (nSPS) is 24.3. The van der Waals surface area contributed by atoms with E-state index in [0.29, 0.717) is 11.5 Å². The average molecular weight is 156 g/mol. The zero-order chi connectivity index (χ0) is 8.32. The van der Waals surface area contributed by atoms with Crippen molar-refractivity contribution < 1.29 is 0 Å². The minimum absolute atomic E-state index is 0.448. The van der Waals surface area contributed by atoms with E-state index in [4.69, 9.17) is 5.73 Å². The van der Waals surface area contributed by atoms with Crippen LogP contribution in [0, 0.1) is 5.92 Å². The molecule has 0 radical (unpaired) electrons. The second-order valence-corrected chi connectivity index (χ2v) is 4.14. The zero-order valence-corrected chi connectivity index (χ0v) is 7.69. The summed E-state index contributed by atoms with van der Waals surface area (Å²) < 4.78 is 0. The number of hydrogen-bond acceptors (Lipinski definition) is 2. The number of nitrogens with two attached hydrogens (primary N) is 1. The van der Waals surface area contributed by atoms with Gasteiger partial charge in [-0.25, -0.2) is 0 Å². The van der Waals surface area contributed by atoms with Gasteiger partial charge in [0, 0.05) is 5.54 Å². The number of hydrogen-bond donors (Lipinski definition) is 2. The van der Waals surface area contributed by atoms with Crippen molar-refractivity contribution in [1.29, 1.82) is 0 Å². The van der Waals surface area contributed by atoms with Crippen molar-refractivity contribution in [2.75, 3.05) is 13.1 Å². The van der Waals surface area contributed by atoms with Gasteiger partial charge in [0.25, 0.3) is 0 Å². The highest BCUT2D eigenvalue weighted by Crippen LogP contribution is 2.30. The monoisotopic (exact) mass is 156 g/mol. The lowest BCUT2D eigenvalue weighted by molar-refractivity contribution is 0.200. The molecule has 0 aliphatic heterocycles. The van der Waals surface area contributed by atoms with Gasteiger partial charge in [-0.1, -0.05) is 6.92 Å². The third-order valence-electron chi connectivity index (χ3n) is 2.74. The molecule has 0 spiro atoms. The first-order valence-electron chi connectivity index (χ1n) is 4.61. The summed E-state index contributed by atoms with van der Waals surface area (Å²) in [6.07, 6.45) is 4.06. The Labute approximate surface area is 69.5 Å². The molecular weight excluding hydrogens is 136 g/mol. The van der Waals surface area contributed by atoms with Crippen LogP contribution in [0.3, 0.4) is 0 Å². The lowest BCUT2D eigenvalue weighted by atomic mass is 9.78. The highest BCUT2D eigenvalue weighted by molar-refractivity contribution is 4.91. The van der Waals surface area contributed by atoms with Crippen molar-refractivity contribution in [3.8, 4) is 0 Å². The van der Waals surface area contributed by atoms with Crippen molar-refractivity contribution in [3.05, 3.63) is 0 Å². The highest BCUT2D eigenvalue weighted by atomic mass is 15.0. The molecule has 0 aromatic rings. The molecule has 3 N–H and O–H groups in total. The van der Waals surface area contributed by atoms with Gasteiger partial charge >= 0.3 is 0 Å². The van der Waals surface area contributed by atoms with E-state index in [2.05, 4.69) is 19.2 Å². The molecule has 66 valence electrons. The quantitative estimate of drug-likeness (QED) is 0.640. The summed E-state index contributed by atoms with van der Waals surface area (Å²) in [7, 11) is 0. The first kappa shape index (κ1) is 9.01. The summed E-state index contributed by atoms with van der Waals surface area (Å²) in [6.45, 7) is 6.37. The molecular formula is C9H20N2. The summed E-state index contributed by atoms with van der Waals surface area (Å²) in [4.78, 5) is 0. The predicted molar refractivity (Wildman–Crippen MR) is 48.5 cm³/mol. The van der Waals surface area contributed by atoms with Crippen LogP contribution in [0.1, 0.15) is 33.1 Å². The molecule has 0 heterocycles. The van der Waals surface area contributed by atoms with Gasteiger partial charge in [0.1, 0.15) is 0 Å². The Hall–Kier alpha value is -0.0800. The predicted octanol–water partition coefficient (Wildman–Crippen LogP) is 1.11. The number of rotatable bonds is 4. The summed E-state index contributed by atoms with van der Waals surface area (Å²) in [5, 5.41) is 3.57. The van der Waals surface area contributed by atoms with Crippen molar-refractivity contribution in [3.63, 3.8) is 0 Å². The molecule has 1 unspecified atom stereocenters. The molecule has 1 aliphatic carbocycles. The van der Waals surface area contributed by atoms with Crippen molar-refractivity contribution in [2.45, 2.75) is 38.6 Å². The molecule has 2 nitrogen and oxygen atoms in total. The highest BCUT2D eigenvalue weighted by Gasteiger charge is 2.30. The fraction of sp³-hybridized carbons (Fsp3) is 1.00. The van der Waals surface area contributed by atoms with Crippen LogP contribution in [0.15, 0.2) is 0 Å². The standard InChI is InChI=1S/C9H20N2/c1-8(6-10)7-11-9(2)4-3-5-9/h8,11H,3-7,10H2,1-2H3. The fourth-order valence-electron chi connectivity index (χ4n) is 1.39. The van der Waals surface area contributed by atoms with Crippen LogP contribution in [-0.2, 0) is 0 Å². The first-order valence-corrected chi connectivity index (χ1v) is 4.61. The van der Waals surface area contributed by atoms with Crippen LogP contribution in [0.2, 0.25) is 0 Å². The maximum Gasteiger partial charge on any atom is 0.0153 e. The van der Waals surface area contributed by atoms with Gasteiger partial charge < -0.3 is 11.1 Å². The molecule has 0 amide bonds. The van der Waals surface area contributed by atoms with E-state index >= 15 is 0 Å². The van der Waals surface area contributed by atoms with Gasteiger partial charge in [0.05, 0.1) is 0 Å². The van der Waals surface area contributed by atoms with E-state index in [0.717, 1.165) is 13.1 Å². The maximum absolute atomic E-state index is 5.52. The van der Waals surface area contributed by atoms with Crippen molar-refractivity contribution >= 4 is 0 Å². The van der Waals surface area contributed by atoms with Gasteiger partial charge in [-0.05, 0) is 45.2 Å². The smallest absolute Gasteiger partial charge is 0.0153 e. The molecule has 0 saturated heterocycles. The topological polar surface area (TPSA) is 38.0 Å². The minimum atomic E-state index is 0.448. The van der Waals surface area contributed by atoms with E-state index in [1.54, 1.807) is 0 Å². The van der Waals surface area contributed by atoms with E-state index < -0.39 is 0 Å². The van der Waals surface area contributed by atoms with Gasteiger partial charge in [-0.2, -0.15) is 0 Å². The molecule has 1 atom stereocenters. The zero-order valence-electron chi connectivity index (χ0n) is 7.69.